The molecule has 14 heteroatoms. The van der Waals surface area contributed by atoms with E-state index in [0.717, 1.165) is 5.56 Å². The topological polar surface area (TPSA) is 164 Å². The second-order valence-corrected chi connectivity index (χ2v) is 11.1. The van der Waals surface area contributed by atoms with E-state index in [4.69, 9.17) is 30.5 Å². The van der Waals surface area contributed by atoms with Gasteiger partial charge in [0.05, 0.1) is 47.7 Å². The van der Waals surface area contributed by atoms with Crippen LogP contribution in [0.2, 0.25) is 5.02 Å². The van der Waals surface area contributed by atoms with Gasteiger partial charge in [0, 0.05) is 21.8 Å². The molecular weight excluding hydrogens is 682 g/mol. The lowest BCUT2D eigenvalue weighted by Crippen LogP contribution is -2.45. The number of nitriles is 1. The van der Waals surface area contributed by atoms with Crippen LogP contribution in [-0.2, 0) is 16.1 Å². The second kappa shape index (κ2) is 16.0. The number of amides is 2. The smallest absolute Gasteiger partial charge is 0.337 e. The molecule has 0 saturated carbocycles. The molecule has 3 aromatic carbocycles. The Morgan fingerprint density at radius 1 is 1.20 bits per heavy atom. The molecule has 0 unspecified atom stereocenters. The van der Waals surface area contributed by atoms with Crippen molar-refractivity contribution in [2.45, 2.75) is 32.7 Å². The van der Waals surface area contributed by atoms with Gasteiger partial charge >= 0.3 is 12.0 Å². The lowest BCUT2D eigenvalue weighted by atomic mass is 9.95. The van der Waals surface area contributed by atoms with Gasteiger partial charge in [-0.05, 0) is 65.7 Å². The maximum absolute atomic E-state index is 12.5. The number of rotatable bonds is 13. The molecule has 0 saturated heterocycles. The number of allylic oxidation sites excluding steroid dienone is 1. The molecule has 0 spiro atoms. The van der Waals surface area contributed by atoms with E-state index in [0.29, 0.717) is 55.7 Å². The average molecular weight is 713 g/mol. The summed E-state index contributed by atoms with van der Waals surface area (Å²) in [6.07, 6.45) is 0.216. The number of hydrogen-bond donors (Lipinski definition) is 4. The molecule has 12 nitrogen and oxygen atoms in total. The number of halogens is 2. The van der Waals surface area contributed by atoms with Crippen molar-refractivity contribution in [3.05, 3.63) is 97.6 Å². The first-order valence-electron chi connectivity index (χ1n) is 14.0. The molecule has 0 fully saturated rings. The summed E-state index contributed by atoms with van der Waals surface area (Å²) >= 11 is 9.71. The van der Waals surface area contributed by atoms with Crippen LogP contribution in [0.4, 0.5) is 4.79 Å². The minimum Gasteiger partial charge on any atom is -0.490 e. The van der Waals surface area contributed by atoms with Crippen LogP contribution >= 0.6 is 27.5 Å². The van der Waals surface area contributed by atoms with Gasteiger partial charge in [-0.25, -0.2) is 9.59 Å². The number of ether oxygens (including phenoxy) is 4. The molecule has 240 valence electrons. The largest absolute Gasteiger partial charge is 0.490 e. The predicted molar refractivity (Wildman–Crippen MR) is 174 cm³/mol. The molecule has 1 aliphatic heterocycles. The Morgan fingerprint density at radius 2 is 1.98 bits per heavy atom. The van der Waals surface area contributed by atoms with E-state index < -0.39 is 24.3 Å². The number of hydrazone groups is 1. The molecule has 0 bridgehead atoms. The summed E-state index contributed by atoms with van der Waals surface area (Å²) < 4.78 is 23.1. The summed E-state index contributed by atoms with van der Waals surface area (Å²) in [5.41, 5.74) is 5.53. The van der Waals surface area contributed by atoms with Gasteiger partial charge in [0.2, 0.25) is 0 Å². The summed E-state index contributed by atoms with van der Waals surface area (Å²) in [6, 6.07) is 16.3. The van der Waals surface area contributed by atoms with Crippen molar-refractivity contribution in [2.75, 3.05) is 20.3 Å². The molecule has 0 aliphatic carbocycles. The molecule has 4 N–H and O–H groups in total. The molecular formula is C32H31BrClN5O7. The monoisotopic (exact) mass is 711 g/mol. The van der Waals surface area contributed by atoms with Gasteiger partial charge in [0.15, 0.2) is 17.7 Å². The normalized spacial score (nSPS) is 15.0. The third-order valence-electron chi connectivity index (χ3n) is 6.65. The fourth-order valence-corrected chi connectivity index (χ4v) is 5.50. The first-order valence-corrected chi connectivity index (χ1v) is 15.1. The van der Waals surface area contributed by atoms with Gasteiger partial charge in [-0.1, -0.05) is 35.9 Å². The number of urea groups is 1. The van der Waals surface area contributed by atoms with E-state index in [1.807, 2.05) is 6.07 Å². The van der Waals surface area contributed by atoms with Crippen molar-refractivity contribution >= 4 is 45.7 Å². The van der Waals surface area contributed by atoms with Gasteiger partial charge in [-0.3, -0.25) is 5.43 Å². The molecule has 1 heterocycles. The zero-order valence-corrected chi connectivity index (χ0v) is 27.4. The van der Waals surface area contributed by atoms with Crippen LogP contribution < -0.4 is 30.3 Å². The van der Waals surface area contributed by atoms with Crippen molar-refractivity contribution in [3.8, 4) is 23.3 Å². The number of hydrogen-bond acceptors (Lipinski definition) is 10. The molecule has 2 atom stereocenters. The zero-order chi connectivity index (χ0) is 33.2. The number of carbonyl (C=O) groups excluding carboxylic acids is 2. The summed E-state index contributed by atoms with van der Waals surface area (Å²) in [4.78, 5) is 24.6. The van der Waals surface area contributed by atoms with Crippen molar-refractivity contribution in [2.24, 2.45) is 5.10 Å². The summed E-state index contributed by atoms with van der Waals surface area (Å²) in [5, 5.41) is 29.8. The van der Waals surface area contributed by atoms with Crippen LogP contribution in [0.15, 0.2) is 75.4 Å². The Morgan fingerprint density at radius 3 is 2.72 bits per heavy atom. The number of nitrogens with one attached hydrogen (secondary N) is 3. The number of methoxy groups -OCH3 is 1. The van der Waals surface area contributed by atoms with Crippen molar-refractivity contribution < 1.29 is 33.6 Å². The Kier molecular flexibility index (Phi) is 11.9. The fraction of sp³-hybridized carbons (Fsp3) is 0.250. The van der Waals surface area contributed by atoms with E-state index >= 15 is 0 Å². The quantitative estimate of drug-likeness (QED) is 0.0820. The predicted octanol–water partition coefficient (Wildman–Crippen LogP) is 5.07. The van der Waals surface area contributed by atoms with E-state index in [1.54, 1.807) is 62.4 Å². The number of carbonyl (C=O) groups is 2. The summed E-state index contributed by atoms with van der Waals surface area (Å²) in [6.45, 7) is 3.65. The Bertz CT molecular complexity index is 1710. The molecule has 3 aromatic rings. The van der Waals surface area contributed by atoms with Gasteiger partial charge in [-0.15, -0.1) is 0 Å². The highest BCUT2D eigenvalue weighted by Gasteiger charge is 2.32. The maximum Gasteiger partial charge on any atom is 0.337 e. The molecule has 0 radical (unpaired) electrons. The maximum atomic E-state index is 12.5. The molecule has 46 heavy (non-hydrogen) atoms. The third-order valence-corrected chi connectivity index (χ3v) is 7.45. The standard InChI is InChI=1S/C32H31BrClN5O7/c1-4-44-26-12-19(29-28(31(41)43-3)18(2)37-32(42)38-29)9-10-25(26)45-17-27(40)39-36-15-22-11-23(34)13-24(33)30(22)46-16-21-8-6-5-7-20(21)14-35/h5-13,15,27,29,39-40H,4,16-17H2,1-3H3,(H2,37,38,42)/b36-15+/t27-,29+/m0/s1. The SMILES string of the molecule is CCOc1cc([C@H]2NC(=O)NC(C)=C2C(=O)OC)ccc1OC[C@H](O)N/N=C/c1cc(Cl)cc(Br)c1OCc1ccccc1C#N. The first kappa shape index (κ1) is 34.1. The van der Waals surface area contributed by atoms with Gasteiger partial charge < -0.3 is 34.7 Å². The Hall–Kier alpha value is -4.77. The lowest BCUT2D eigenvalue weighted by Gasteiger charge is -2.28. The molecule has 1 aliphatic rings. The third kappa shape index (κ3) is 8.48. The highest BCUT2D eigenvalue weighted by molar-refractivity contribution is 9.10. The number of esters is 1. The minimum atomic E-state index is -1.22. The van der Waals surface area contributed by atoms with E-state index in [1.165, 1.54) is 13.3 Å². The van der Waals surface area contributed by atoms with E-state index in [-0.39, 0.29) is 18.8 Å². The van der Waals surface area contributed by atoms with Crippen molar-refractivity contribution in [3.63, 3.8) is 0 Å². The van der Waals surface area contributed by atoms with Gasteiger partial charge in [0.25, 0.3) is 0 Å². The highest BCUT2D eigenvalue weighted by atomic mass is 79.9. The highest BCUT2D eigenvalue weighted by Crippen LogP contribution is 2.35. The summed E-state index contributed by atoms with van der Waals surface area (Å²) in [5.74, 6) is 0.522. The van der Waals surface area contributed by atoms with E-state index in [9.17, 15) is 20.0 Å². The van der Waals surface area contributed by atoms with Crippen LogP contribution in [-0.4, -0.2) is 49.9 Å². The van der Waals surface area contributed by atoms with Gasteiger partial charge in [-0.2, -0.15) is 10.4 Å². The van der Waals surface area contributed by atoms with Crippen LogP contribution in [0.1, 0.15) is 42.1 Å². The number of nitrogens with zero attached hydrogens (tertiary/aromatic N) is 2. The fourth-order valence-electron chi connectivity index (χ4n) is 4.55. The Labute approximate surface area is 279 Å². The minimum absolute atomic E-state index is 0.138. The molecule has 2 amide bonds. The number of benzene rings is 3. The first-order chi connectivity index (χ1) is 22.1. The van der Waals surface area contributed by atoms with Crippen molar-refractivity contribution in [1.29, 1.82) is 5.26 Å². The lowest BCUT2D eigenvalue weighted by molar-refractivity contribution is -0.136. The van der Waals surface area contributed by atoms with E-state index in [2.05, 4.69) is 43.2 Å². The molecule has 4 rings (SSSR count). The van der Waals surface area contributed by atoms with Crippen molar-refractivity contribution in [1.82, 2.24) is 16.1 Å². The van der Waals surface area contributed by atoms with Crippen LogP contribution in [0.25, 0.3) is 0 Å². The second-order valence-electron chi connectivity index (χ2n) is 9.78. The Balaban J connectivity index is 1.43. The van der Waals surface area contributed by atoms with Crippen LogP contribution in [0.5, 0.6) is 17.2 Å². The van der Waals surface area contributed by atoms with Crippen LogP contribution in [0.3, 0.4) is 0 Å². The zero-order valence-electron chi connectivity index (χ0n) is 25.1. The number of aliphatic hydroxyl groups is 1. The number of aliphatic hydroxyl groups excluding tert-OH is 1. The van der Waals surface area contributed by atoms with Gasteiger partial charge in [0.1, 0.15) is 19.0 Å². The summed E-state index contributed by atoms with van der Waals surface area (Å²) in [7, 11) is 1.26. The average Bonchev–Trinajstić information content (AvgIpc) is 3.03. The van der Waals surface area contributed by atoms with Crippen LogP contribution in [0, 0.1) is 11.3 Å². The molecule has 0 aromatic heterocycles.